The van der Waals surface area contributed by atoms with E-state index in [2.05, 4.69) is 24.3 Å². The van der Waals surface area contributed by atoms with Crippen molar-refractivity contribution in [2.45, 2.75) is 26.4 Å². The Morgan fingerprint density at radius 2 is 1.61 bits per heavy atom. The van der Waals surface area contributed by atoms with E-state index < -0.39 is 0 Å². The van der Waals surface area contributed by atoms with Gasteiger partial charge in [-0.1, -0.05) is 61.5 Å². The first-order chi connectivity index (χ1) is 10.5. The second-order valence-electron chi connectivity index (χ2n) is 5.87. The summed E-state index contributed by atoms with van der Waals surface area (Å²) in [6.07, 6.45) is 0. The zero-order valence-electron chi connectivity index (χ0n) is 13.9. The highest BCUT2D eigenvalue weighted by Crippen LogP contribution is 2.24. The van der Waals surface area contributed by atoms with Gasteiger partial charge in [0.15, 0.2) is 0 Å². The molecule has 124 valence electrons. The molecule has 2 aromatic carbocycles. The Bertz CT molecular complexity index is 628. The Labute approximate surface area is 144 Å². The van der Waals surface area contributed by atoms with Crippen LogP contribution in [0.2, 0.25) is 0 Å². The van der Waals surface area contributed by atoms with Gasteiger partial charge < -0.3 is 10.6 Å². The van der Waals surface area contributed by atoms with Crippen LogP contribution in [0, 0.1) is 5.92 Å². The molecular formula is C19H25ClN2O. The van der Waals surface area contributed by atoms with Crippen molar-refractivity contribution in [1.29, 1.82) is 0 Å². The number of hydrogen-bond acceptors (Lipinski definition) is 2. The van der Waals surface area contributed by atoms with Gasteiger partial charge in [-0.2, -0.15) is 0 Å². The van der Waals surface area contributed by atoms with Crippen molar-refractivity contribution in [1.82, 2.24) is 4.90 Å². The fourth-order valence-corrected chi connectivity index (χ4v) is 2.46. The van der Waals surface area contributed by atoms with Gasteiger partial charge in [0.25, 0.3) is 0 Å². The normalized spacial score (nSPS) is 12.9. The molecule has 0 bridgehead atoms. The van der Waals surface area contributed by atoms with Crippen LogP contribution < -0.4 is 5.73 Å². The fourth-order valence-electron chi connectivity index (χ4n) is 2.46. The van der Waals surface area contributed by atoms with Gasteiger partial charge in [-0.15, -0.1) is 12.4 Å². The standard InChI is InChI=1S/C19H24N2O.ClH/c1-14(15(2)20)19(22)21(3)13-17-11-7-8-12-18(17)16-9-5-4-6-10-16;/h4-12,14-15H,13,20H2,1-3H3;1H. The van der Waals surface area contributed by atoms with Crippen molar-refractivity contribution in [2.24, 2.45) is 11.7 Å². The van der Waals surface area contributed by atoms with Gasteiger partial charge in [-0.3, -0.25) is 4.79 Å². The maximum Gasteiger partial charge on any atom is 0.226 e. The molecule has 0 aliphatic rings. The Morgan fingerprint density at radius 1 is 1.04 bits per heavy atom. The third-order valence-corrected chi connectivity index (χ3v) is 4.06. The van der Waals surface area contributed by atoms with E-state index >= 15 is 0 Å². The van der Waals surface area contributed by atoms with Crippen LogP contribution >= 0.6 is 12.4 Å². The predicted octanol–water partition coefficient (Wildman–Crippen LogP) is 3.72. The van der Waals surface area contributed by atoms with Crippen LogP contribution in [-0.4, -0.2) is 23.9 Å². The Hall–Kier alpha value is -1.84. The summed E-state index contributed by atoms with van der Waals surface area (Å²) < 4.78 is 0. The van der Waals surface area contributed by atoms with Crippen LogP contribution in [-0.2, 0) is 11.3 Å². The SMILES string of the molecule is CC(N)C(C)C(=O)N(C)Cc1ccccc1-c1ccccc1.Cl. The lowest BCUT2D eigenvalue weighted by Gasteiger charge is -2.24. The molecule has 0 aromatic heterocycles. The van der Waals surface area contributed by atoms with Crippen LogP contribution in [0.5, 0.6) is 0 Å². The van der Waals surface area contributed by atoms with E-state index in [9.17, 15) is 4.79 Å². The predicted molar refractivity (Wildman–Crippen MR) is 98.4 cm³/mol. The number of hydrogen-bond donors (Lipinski definition) is 1. The average molecular weight is 333 g/mol. The summed E-state index contributed by atoms with van der Waals surface area (Å²) in [6, 6.07) is 18.3. The second-order valence-corrected chi connectivity index (χ2v) is 5.87. The molecule has 0 fully saturated rings. The first kappa shape index (κ1) is 19.2. The molecule has 0 radical (unpaired) electrons. The monoisotopic (exact) mass is 332 g/mol. The maximum absolute atomic E-state index is 12.4. The third kappa shape index (κ3) is 4.81. The molecule has 0 saturated heterocycles. The van der Waals surface area contributed by atoms with Crippen LogP contribution in [0.15, 0.2) is 54.6 Å². The topological polar surface area (TPSA) is 46.3 Å². The minimum atomic E-state index is -0.172. The van der Waals surface area contributed by atoms with Crippen molar-refractivity contribution in [2.75, 3.05) is 7.05 Å². The van der Waals surface area contributed by atoms with Gasteiger partial charge in [0.05, 0.1) is 5.92 Å². The molecule has 0 aliphatic carbocycles. The Kier molecular flexibility index (Phi) is 7.27. The highest BCUT2D eigenvalue weighted by Gasteiger charge is 2.21. The molecule has 0 saturated carbocycles. The summed E-state index contributed by atoms with van der Waals surface area (Å²) in [5.41, 5.74) is 9.31. The number of rotatable bonds is 5. The second kappa shape index (κ2) is 8.70. The largest absolute Gasteiger partial charge is 0.341 e. The smallest absolute Gasteiger partial charge is 0.226 e. The van der Waals surface area contributed by atoms with E-state index in [1.807, 2.05) is 51.2 Å². The molecule has 2 unspecified atom stereocenters. The number of benzene rings is 2. The molecule has 0 aliphatic heterocycles. The lowest BCUT2D eigenvalue weighted by molar-refractivity contribution is -0.134. The molecule has 4 heteroatoms. The average Bonchev–Trinajstić information content (AvgIpc) is 2.54. The van der Waals surface area contributed by atoms with E-state index in [1.54, 1.807) is 4.90 Å². The minimum absolute atomic E-state index is 0. The zero-order chi connectivity index (χ0) is 16.1. The molecule has 2 aromatic rings. The third-order valence-electron chi connectivity index (χ3n) is 4.06. The maximum atomic E-state index is 12.4. The van der Waals surface area contributed by atoms with E-state index in [0.29, 0.717) is 6.54 Å². The summed E-state index contributed by atoms with van der Waals surface area (Å²) >= 11 is 0. The number of carbonyl (C=O) groups is 1. The molecule has 1 amide bonds. The first-order valence-corrected chi connectivity index (χ1v) is 7.64. The summed E-state index contributed by atoms with van der Waals surface area (Å²) in [6.45, 7) is 4.34. The molecule has 2 rings (SSSR count). The van der Waals surface area contributed by atoms with E-state index in [-0.39, 0.29) is 30.3 Å². The minimum Gasteiger partial charge on any atom is -0.341 e. The lowest BCUT2D eigenvalue weighted by atomic mass is 9.98. The first-order valence-electron chi connectivity index (χ1n) is 7.64. The Morgan fingerprint density at radius 3 is 2.22 bits per heavy atom. The summed E-state index contributed by atoms with van der Waals surface area (Å²) in [5, 5.41) is 0. The van der Waals surface area contributed by atoms with Crippen molar-refractivity contribution in [3.05, 3.63) is 60.2 Å². The quantitative estimate of drug-likeness (QED) is 0.907. The van der Waals surface area contributed by atoms with Gasteiger partial charge in [0.1, 0.15) is 0 Å². The van der Waals surface area contributed by atoms with Gasteiger partial charge in [-0.05, 0) is 23.6 Å². The number of nitrogens with two attached hydrogens (primary N) is 1. The molecule has 0 spiro atoms. The van der Waals surface area contributed by atoms with Gasteiger partial charge in [0, 0.05) is 19.6 Å². The number of halogens is 1. The molecule has 23 heavy (non-hydrogen) atoms. The number of amides is 1. The number of nitrogens with zero attached hydrogens (tertiary/aromatic N) is 1. The lowest BCUT2D eigenvalue weighted by Crippen LogP contribution is -2.39. The van der Waals surface area contributed by atoms with Crippen molar-refractivity contribution in [3.8, 4) is 11.1 Å². The Balaban J connectivity index is 0.00000264. The highest BCUT2D eigenvalue weighted by molar-refractivity contribution is 5.85. The summed E-state index contributed by atoms with van der Waals surface area (Å²) in [4.78, 5) is 14.1. The molecule has 0 heterocycles. The van der Waals surface area contributed by atoms with Crippen molar-refractivity contribution in [3.63, 3.8) is 0 Å². The van der Waals surface area contributed by atoms with E-state index in [0.717, 1.165) is 11.1 Å². The summed E-state index contributed by atoms with van der Waals surface area (Å²) in [5.74, 6) is -0.0910. The zero-order valence-corrected chi connectivity index (χ0v) is 14.7. The fraction of sp³-hybridized carbons (Fsp3) is 0.316. The summed E-state index contributed by atoms with van der Waals surface area (Å²) in [7, 11) is 1.84. The molecular weight excluding hydrogens is 308 g/mol. The van der Waals surface area contributed by atoms with Crippen molar-refractivity contribution >= 4 is 18.3 Å². The highest BCUT2D eigenvalue weighted by atomic mass is 35.5. The van der Waals surface area contributed by atoms with Crippen LogP contribution in [0.3, 0.4) is 0 Å². The van der Waals surface area contributed by atoms with E-state index in [1.165, 1.54) is 5.56 Å². The van der Waals surface area contributed by atoms with Crippen LogP contribution in [0.1, 0.15) is 19.4 Å². The van der Waals surface area contributed by atoms with Gasteiger partial charge in [-0.25, -0.2) is 0 Å². The number of carbonyl (C=O) groups excluding carboxylic acids is 1. The molecule has 2 atom stereocenters. The van der Waals surface area contributed by atoms with E-state index in [4.69, 9.17) is 5.73 Å². The molecule has 2 N–H and O–H groups in total. The van der Waals surface area contributed by atoms with Crippen LogP contribution in [0.25, 0.3) is 11.1 Å². The van der Waals surface area contributed by atoms with Gasteiger partial charge >= 0.3 is 0 Å². The van der Waals surface area contributed by atoms with Gasteiger partial charge in [0.2, 0.25) is 5.91 Å². The van der Waals surface area contributed by atoms with Crippen LogP contribution in [0.4, 0.5) is 0 Å². The molecule has 3 nitrogen and oxygen atoms in total. The van der Waals surface area contributed by atoms with Crippen molar-refractivity contribution < 1.29 is 4.79 Å².